The van der Waals surface area contributed by atoms with Crippen LogP contribution in [0.5, 0.6) is 0 Å². The molecule has 2 bridgehead atoms. The Balaban J connectivity index is 1.30. The molecule has 4 atom stereocenters. The fourth-order valence-corrected chi connectivity index (χ4v) is 6.39. The number of nitriles is 1. The van der Waals surface area contributed by atoms with E-state index < -0.39 is 11.9 Å². The molecule has 1 aromatic heterocycles. The van der Waals surface area contributed by atoms with Crippen LogP contribution in [0.3, 0.4) is 0 Å². The lowest BCUT2D eigenvalue weighted by Crippen LogP contribution is -2.62. The van der Waals surface area contributed by atoms with E-state index in [1.54, 1.807) is 35.9 Å². The minimum atomic E-state index is -0.641. The molecular formula is C26H28FN5O2. The van der Waals surface area contributed by atoms with Crippen LogP contribution >= 0.6 is 0 Å². The van der Waals surface area contributed by atoms with Crippen molar-refractivity contribution in [3.63, 3.8) is 0 Å². The minimum Gasteiger partial charge on any atom is -0.381 e. The van der Waals surface area contributed by atoms with E-state index in [0.717, 1.165) is 32.4 Å². The Kier molecular flexibility index (Phi) is 4.65. The van der Waals surface area contributed by atoms with Gasteiger partial charge in [0.15, 0.2) is 0 Å². The molecule has 5 aliphatic rings. The molecule has 176 valence electrons. The molecule has 4 saturated carbocycles. The summed E-state index contributed by atoms with van der Waals surface area (Å²) in [5.74, 6) is 0.774. The maximum Gasteiger partial charge on any atom is 0.255 e. The van der Waals surface area contributed by atoms with Crippen molar-refractivity contribution in [1.82, 2.24) is 14.8 Å². The molecule has 0 radical (unpaired) electrons. The number of halogens is 1. The third-order valence-corrected chi connectivity index (χ3v) is 8.48. The van der Waals surface area contributed by atoms with Gasteiger partial charge in [-0.05, 0) is 57.1 Å². The number of likely N-dealkylation sites (tertiary alicyclic amines) is 1. The molecule has 1 saturated heterocycles. The lowest BCUT2D eigenvalue weighted by molar-refractivity contribution is -0.0914. The van der Waals surface area contributed by atoms with Gasteiger partial charge in [0.1, 0.15) is 11.9 Å². The number of carbonyl (C=O) groups is 1. The van der Waals surface area contributed by atoms with E-state index in [2.05, 4.69) is 22.6 Å². The highest BCUT2D eigenvalue weighted by molar-refractivity contribution is 5.99. The van der Waals surface area contributed by atoms with Gasteiger partial charge in [0, 0.05) is 42.5 Å². The number of fused-ring (bicyclic) bond motifs is 1. The van der Waals surface area contributed by atoms with Gasteiger partial charge in [0.05, 0.1) is 22.9 Å². The number of piperidine rings is 1. The van der Waals surface area contributed by atoms with Crippen LogP contribution in [0, 0.1) is 34.9 Å². The highest BCUT2D eigenvalue weighted by Gasteiger charge is 2.58. The molecule has 2 heterocycles. The van der Waals surface area contributed by atoms with Crippen LogP contribution in [0.2, 0.25) is 0 Å². The van der Waals surface area contributed by atoms with Crippen LogP contribution in [0.1, 0.15) is 53.7 Å². The number of anilines is 1. The van der Waals surface area contributed by atoms with Crippen LogP contribution < -0.4 is 16.2 Å². The number of benzene rings is 1. The van der Waals surface area contributed by atoms with Gasteiger partial charge in [-0.25, -0.2) is 4.39 Å². The molecule has 1 unspecified atom stereocenters. The lowest BCUT2D eigenvalue weighted by atomic mass is 9.49. The Bertz CT molecular complexity index is 1270. The first-order valence-corrected chi connectivity index (χ1v) is 12.0. The Morgan fingerprint density at radius 1 is 1.26 bits per heavy atom. The Labute approximate surface area is 197 Å². The summed E-state index contributed by atoms with van der Waals surface area (Å²) in [4.78, 5) is 28.8. The summed E-state index contributed by atoms with van der Waals surface area (Å²) in [7, 11) is 2.11. The van der Waals surface area contributed by atoms with Crippen molar-refractivity contribution < 1.29 is 9.18 Å². The first-order valence-electron chi connectivity index (χ1n) is 12.0. The standard InChI is InChI=1S/C26H28FN5O2/c1-14(17-5-3-4-16(10-28)23(17)27)29-25(34)20-13-32(26-7-15(8-26)9-26)22(33)6-21(20)30-24-18-11-31(2)12-19(18)24/h3-6,13-15,18-19,24,30H,7-9,11-12H2,1-2H3,(H,29,34)/t14-,15?,18-,19+,24?,26?/m1/s1. The second-order valence-corrected chi connectivity index (χ2v) is 10.7. The van der Waals surface area contributed by atoms with Crippen LogP contribution in [-0.4, -0.2) is 41.6 Å². The summed E-state index contributed by atoms with van der Waals surface area (Å²) in [5.41, 5.74) is 0.934. The molecule has 7 nitrogen and oxygen atoms in total. The van der Waals surface area contributed by atoms with E-state index in [-0.39, 0.29) is 34.2 Å². The normalized spacial score (nSPS) is 31.5. The van der Waals surface area contributed by atoms with Crippen molar-refractivity contribution in [3.05, 3.63) is 63.3 Å². The van der Waals surface area contributed by atoms with E-state index in [1.165, 1.54) is 6.07 Å². The smallest absolute Gasteiger partial charge is 0.255 e. The number of nitrogens with zero attached hydrogens (tertiary/aromatic N) is 3. The van der Waals surface area contributed by atoms with E-state index in [1.807, 2.05) is 6.07 Å². The second-order valence-electron chi connectivity index (χ2n) is 10.7. The number of amides is 1. The Hall–Kier alpha value is -3.18. The average Bonchev–Trinajstić information content (AvgIpc) is 3.18. The molecule has 2 aromatic rings. The van der Waals surface area contributed by atoms with Gasteiger partial charge < -0.3 is 20.1 Å². The SMILES string of the molecule is C[C@@H](NC(=O)c1cn(C23CC(C2)C3)c(=O)cc1NC1[C@H]2CN(C)C[C@@H]12)c1cccc(C#N)c1F. The van der Waals surface area contributed by atoms with Gasteiger partial charge in [0.25, 0.3) is 11.5 Å². The lowest BCUT2D eigenvalue weighted by Gasteiger charge is -2.62. The first kappa shape index (κ1) is 21.4. The van der Waals surface area contributed by atoms with Crippen molar-refractivity contribution >= 4 is 11.6 Å². The Morgan fingerprint density at radius 2 is 1.97 bits per heavy atom. The fraction of sp³-hybridized carbons (Fsp3) is 0.500. The van der Waals surface area contributed by atoms with Crippen molar-refractivity contribution in [2.45, 2.75) is 43.8 Å². The number of aromatic nitrogens is 1. The maximum atomic E-state index is 14.7. The summed E-state index contributed by atoms with van der Waals surface area (Å²) in [6, 6.07) is 7.63. The van der Waals surface area contributed by atoms with Crippen molar-refractivity contribution in [1.29, 1.82) is 5.26 Å². The molecule has 34 heavy (non-hydrogen) atoms. The zero-order valence-electron chi connectivity index (χ0n) is 19.3. The van der Waals surface area contributed by atoms with Gasteiger partial charge in [-0.2, -0.15) is 5.26 Å². The van der Waals surface area contributed by atoms with E-state index in [0.29, 0.717) is 29.0 Å². The molecular weight excluding hydrogens is 433 g/mol. The van der Waals surface area contributed by atoms with Crippen LogP contribution in [-0.2, 0) is 5.54 Å². The molecule has 5 fully saturated rings. The van der Waals surface area contributed by atoms with Crippen LogP contribution in [0.4, 0.5) is 10.1 Å². The molecule has 4 aliphatic carbocycles. The number of hydrogen-bond donors (Lipinski definition) is 2. The van der Waals surface area contributed by atoms with Crippen molar-refractivity contribution in [3.8, 4) is 6.07 Å². The number of carbonyl (C=O) groups excluding carboxylic acids is 1. The third-order valence-electron chi connectivity index (χ3n) is 8.48. The summed E-state index contributed by atoms with van der Waals surface area (Å²) >= 11 is 0. The number of pyridine rings is 1. The Morgan fingerprint density at radius 3 is 2.59 bits per heavy atom. The number of rotatable bonds is 6. The molecule has 0 spiro atoms. The summed E-state index contributed by atoms with van der Waals surface area (Å²) in [5, 5.41) is 15.5. The largest absolute Gasteiger partial charge is 0.381 e. The van der Waals surface area contributed by atoms with Gasteiger partial charge in [0.2, 0.25) is 0 Å². The topological polar surface area (TPSA) is 90.2 Å². The zero-order valence-corrected chi connectivity index (χ0v) is 19.3. The molecule has 2 N–H and O–H groups in total. The zero-order chi connectivity index (χ0) is 23.8. The predicted octanol–water partition coefficient (Wildman–Crippen LogP) is 2.83. The van der Waals surface area contributed by atoms with E-state index >= 15 is 0 Å². The molecule has 7 rings (SSSR count). The van der Waals surface area contributed by atoms with Crippen LogP contribution in [0.25, 0.3) is 0 Å². The first-order chi connectivity index (χ1) is 16.3. The molecule has 1 amide bonds. The number of hydrogen-bond acceptors (Lipinski definition) is 5. The second kappa shape index (κ2) is 7.41. The third kappa shape index (κ3) is 3.17. The van der Waals surface area contributed by atoms with E-state index in [4.69, 9.17) is 5.26 Å². The van der Waals surface area contributed by atoms with Gasteiger partial charge in [-0.15, -0.1) is 0 Å². The molecule has 8 heteroatoms. The highest BCUT2D eigenvalue weighted by atomic mass is 19.1. The quantitative estimate of drug-likeness (QED) is 0.691. The number of nitrogens with one attached hydrogen (secondary N) is 2. The summed E-state index contributed by atoms with van der Waals surface area (Å²) < 4.78 is 16.4. The summed E-state index contributed by atoms with van der Waals surface area (Å²) in [6.07, 6.45) is 4.67. The van der Waals surface area contributed by atoms with Crippen molar-refractivity contribution in [2.75, 3.05) is 25.5 Å². The molecule has 1 aliphatic heterocycles. The fourth-order valence-electron chi connectivity index (χ4n) is 6.39. The van der Waals surface area contributed by atoms with Crippen LogP contribution in [0.15, 0.2) is 35.3 Å². The van der Waals surface area contributed by atoms with Gasteiger partial charge >= 0.3 is 0 Å². The summed E-state index contributed by atoms with van der Waals surface area (Å²) in [6.45, 7) is 3.72. The predicted molar refractivity (Wildman–Crippen MR) is 125 cm³/mol. The van der Waals surface area contributed by atoms with E-state index in [9.17, 15) is 14.0 Å². The van der Waals surface area contributed by atoms with Gasteiger partial charge in [-0.1, -0.05) is 12.1 Å². The average molecular weight is 462 g/mol. The molecule has 1 aromatic carbocycles. The van der Waals surface area contributed by atoms with Gasteiger partial charge in [-0.3, -0.25) is 9.59 Å². The highest BCUT2D eigenvalue weighted by Crippen LogP contribution is 2.61. The minimum absolute atomic E-state index is 0.0524. The monoisotopic (exact) mass is 461 g/mol. The van der Waals surface area contributed by atoms with Crippen molar-refractivity contribution in [2.24, 2.45) is 17.8 Å². The maximum absolute atomic E-state index is 14.7.